The van der Waals surface area contributed by atoms with Crippen LogP contribution in [0.25, 0.3) is 121 Å². The molecular formula is C54H32N2O. The van der Waals surface area contributed by atoms with E-state index in [0.717, 1.165) is 55.0 Å². The Morgan fingerprint density at radius 2 is 0.719 bits per heavy atom. The van der Waals surface area contributed by atoms with Crippen molar-refractivity contribution in [3.63, 3.8) is 0 Å². The Morgan fingerprint density at radius 1 is 0.298 bits per heavy atom. The summed E-state index contributed by atoms with van der Waals surface area (Å²) in [6, 6.07) is 67.4. The van der Waals surface area contributed by atoms with Crippen molar-refractivity contribution in [1.82, 2.24) is 9.97 Å². The van der Waals surface area contributed by atoms with E-state index >= 15 is 0 Å². The molecular weight excluding hydrogens is 693 g/mol. The highest BCUT2D eigenvalue weighted by atomic mass is 16.3. The molecule has 0 aliphatic rings. The molecule has 2 aromatic heterocycles. The zero-order chi connectivity index (χ0) is 37.5. The van der Waals surface area contributed by atoms with Crippen LogP contribution in [0.4, 0.5) is 0 Å². The zero-order valence-electron chi connectivity index (χ0n) is 30.8. The van der Waals surface area contributed by atoms with Crippen molar-refractivity contribution in [3.05, 3.63) is 194 Å². The van der Waals surface area contributed by atoms with E-state index in [-0.39, 0.29) is 0 Å². The summed E-state index contributed by atoms with van der Waals surface area (Å²) in [5.41, 5.74) is 12.8. The van der Waals surface area contributed by atoms with Crippen LogP contribution in [0.1, 0.15) is 0 Å². The minimum absolute atomic E-state index is 0.875. The smallest absolute Gasteiger partial charge is 0.135 e. The predicted molar refractivity (Wildman–Crippen MR) is 239 cm³/mol. The minimum atomic E-state index is 0.875. The molecule has 12 rings (SSSR count). The fourth-order valence-electron chi connectivity index (χ4n) is 8.71. The molecule has 264 valence electrons. The maximum atomic E-state index is 6.05. The Labute approximate surface area is 328 Å². The lowest BCUT2D eigenvalue weighted by Crippen LogP contribution is -1.92. The van der Waals surface area contributed by atoms with Gasteiger partial charge in [-0.25, -0.2) is 4.98 Å². The summed E-state index contributed by atoms with van der Waals surface area (Å²) in [4.78, 5) is 10.2. The van der Waals surface area contributed by atoms with Crippen LogP contribution in [0.3, 0.4) is 0 Å². The lowest BCUT2D eigenvalue weighted by Gasteiger charge is -2.11. The molecule has 0 radical (unpaired) electrons. The molecule has 10 aromatic carbocycles. The maximum absolute atomic E-state index is 6.05. The monoisotopic (exact) mass is 724 g/mol. The number of nitrogens with zero attached hydrogens (tertiary/aromatic N) is 2. The van der Waals surface area contributed by atoms with Crippen LogP contribution in [0.5, 0.6) is 0 Å². The molecule has 3 nitrogen and oxygen atoms in total. The summed E-state index contributed by atoms with van der Waals surface area (Å²) in [5.74, 6) is 0. The van der Waals surface area contributed by atoms with Gasteiger partial charge in [-0.1, -0.05) is 146 Å². The molecule has 57 heavy (non-hydrogen) atoms. The van der Waals surface area contributed by atoms with Crippen molar-refractivity contribution in [1.29, 1.82) is 0 Å². The maximum Gasteiger partial charge on any atom is 0.135 e. The second-order valence-electron chi connectivity index (χ2n) is 15.0. The number of hydrogen-bond donors (Lipinski definition) is 0. The largest absolute Gasteiger partial charge is 0.456 e. The summed E-state index contributed by atoms with van der Waals surface area (Å²) in [5, 5.41) is 11.8. The molecule has 0 saturated heterocycles. The number of hydrogen-bond acceptors (Lipinski definition) is 3. The van der Waals surface area contributed by atoms with Gasteiger partial charge in [-0.15, -0.1) is 0 Å². The molecule has 0 fully saturated rings. The van der Waals surface area contributed by atoms with Crippen LogP contribution >= 0.6 is 0 Å². The van der Waals surface area contributed by atoms with E-state index in [1.807, 2.05) is 18.3 Å². The first-order valence-corrected chi connectivity index (χ1v) is 19.4. The fourth-order valence-corrected chi connectivity index (χ4v) is 8.71. The molecule has 3 heteroatoms. The van der Waals surface area contributed by atoms with Gasteiger partial charge in [0.1, 0.15) is 11.2 Å². The van der Waals surface area contributed by atoms with E-state index in [2.05, 4.69) is 176 Å². The van der Waals surface area contributed by atoms with Gasteiger partial charge in [-0.05, 0) is 108 Å². The number of para-hydroxylation sites is 1. The summed E-state index contributed by atoms with van der Waals surface area (Å²) in [6.45, 7) is 0. The van der Waals surface area contributed by atoms with Gasteiger partial charge >= 0.3 is 0 Å². The molecule has 0 spiro atoms. The van der Waals surface area contributed by atoms with Gasteiger partial charge < -0.3 is 4.42 Å². The van der Waals surface area contributed by atoms with Crippen LogP contribution in [0.15, 0.2) is 199 Å². The van der Waals surface area contributed by atoms with Crippen molar-refractivity contribution >= 4 is 76.1 Å². The topological polar surface area (TPSA) is 38.9 Å². The summed E-state index contributed by atoms with van der Waals surface area (Å²) >= 11 is 0. The van der Waals surface area contributed by atoms with Crippen LogP contribution in [0.2, 0.25) is 0 Å². The van der Waals surface area contributed by atoms with Crippen molar-refractivity contribution < 1.29 is 4.42 Å². The van der Waals surface area contributed by atoms with Crippen molar-refractivity contribution in [3.8, 4) is 44.6 Å². The van der Waals surface area contributed by atoms with Gasteiger partial charge in [0.25, 0.3) is 0 Å². The lowest BCUT2D eigenvalue weighted by atomic mass is 9.95. The average Bonchev–Trinajstić information content (AvgIpc) is 3.66. The average molecular weight is 725 g/mol. The first kappa shape index (κ1) is 31.7. The van der Waals surface area contributed by atoms with Crippen LogP contribution in [0, 0.1) is 0 Å². The number of benzene rings is 10. The number of aromatic nitrogens is 2. The van der Waals surface area contributed by atoms with E-state index in [9.17, 15) is 0 Å². The molecule has 0 bridgehead atoms. The molecule has 2 heterocycles. The predicted octanol–water partition coefficient (Wildman–Crippen LogP) is 14.8. The van der Waals surface area contributed by atoms with E-state index in [1.54, 1.807) is 0 Å². The second kappa shape index (κ2) is 12.5. The van der Waals surface area contributed by atoms with Gasteiger partial charge in [0.2, 0.25) is 0 Å². The van der Waals surface area contributed by atoms with E-state index in [0.29, 0.717) is 0 Å². The highest BCUT2D eigenvalue weighted by molar-refractivity contribution is 6.23. The third-order valence-corrected chi connectivity index (χ3v) is 11.7. The van der Waals surface area contributed by atoms with Gasteiger partial charge in [-0.2, -0.15) is 0 Å². The molecule has 0 saturated carbocycles. The number of fused-ring (bicyclic) bond motifs is 11. The highest BCUT2D eigenvalue weighted by Gasteiger charge is 2.13. The van der Waals surface area contributed by atoms with Crippen LogP contribution < -0.4 is 0 Å². The Kier molecular flexibility index (Phi) is 6.93. The van der Waals surface area contributed by atoms with E-state index in [4.69, 9.17) is 14.4 Å². The summed E-state index contributed by atoms with van der Waals surface area (Å²) in [6.07, 6.45) is 1.92. The second-order valence-corrected chi connectivity index (χ2v) is 15.0. The van der Waals surface area contributed by atoms with Crippen molar-refractivity contribution in [2.24, 2.45) is 0 Å². The minimum Gasteiger partial charge on any atom is -0.456 e. The van der Waals surface area contributed by atoms with Crippen LogP contribution in [-0.2, 0) is 0 Å². The quantitative estimate of drug-likeness (QED) is 0.170. The molecule has 12 aromatic rings. The summed E-state index contributed by atoms with van der Waals surface area (Å²) < 4.78 is 6.05. The van der Waals surface area contributed by atoms with Gasteiger partial charge in [0, 0.05) is 27.1 Å². The van der Waals surface area contributed by atoms with E-state index in [1.165, 1.54) is 65.7 Å². The Hall–Kier alpha value is -7.62. The standard InChI is InChI=1S/C54H32N2O/c1-3-10-47-44(7-1)45-8-2-4-11-48(45)54-53(47)55-32-50(56-54)43-24-23-40-29-39(21-22-41(40)30-43)38-20-19-36-27-35(17-18-37(36)28-38)33-13-15-34(16-14-33)42-25-26-52-49(31-42)46-9-5-6-12-51(46)57-52/h1-32H. The van der Waals surface area contributed by atoms with Gasteiger partial charge in [-0.3, -0.25) is 4.98 Å². The third kappa shape index (κ3) is 5.21. The van der Waals surface area contributed by atoms with E-state index < -0.39 is 0 Å². The lowest BCUT2D eigenvalue weighted by molar-refractivity contribution is 0.669. The molecule has 0 atom stereocenters. The van der Waals surface area contributed by atoms with Crippen LogP contribution in [-0.4, -0.2) is 9.97 Å². The Balaban J connectivity index is 0.826. The van der Waals surface area contributed by atoms with Gasteiger partial charge in [0.05, 0.1) is 22.9 Å². The third-order valence-electron chi connectivity index (χ3n) is 11.7. The molecule has 0 aliphatic carbocycles. The fraction of sp³-hybridized carbons (Fsp3) is 0. The first-order valence-electron chi connectivity index (χ1n) is 19.4. The Morgan fingerprint density at radius 3 is 1.33 bits per heavy atom. The number of rotatable bonds is 4. The molecule has 0 N–H and O–H groups in total. The number of furan rings is 1. The molecule has 0 amide bonds. The molecule has 0 aliphatic heterocycles. The normalized spacial score (nSPS) is 11.9. The Bertz CT molecular complexity index is 3540. The SMILES string of the molecule is c1ccc2c(c1)oc1ccc(-c3ccc(-c4ccc5cc(-c6ccc7cc(-c8cnc9c%10ccccc%10c%10ccccc%10c9n8)ccc7c6)ccc5c4)cc3)cc12. The summed E-state index contributed by atoms with van der Waals surface area (Å²) in [7, 11) is 0. The van der Waals surface area contributed by atoms with Crippen molar-refractivity contribution in [2.75, 3.05) is 0 Å². The molecule has 0 unspecified atom stereocenters. The first-order chi connectivity index (χ1) is 28.2. The van der Waals surface area contributed by atoms with Crippen molar-refractivity contribution in [2.45, 2.75) is 0 Å². The zero-order valence-corrected chi connectivity index (χ0v) is 30.8. The van der Waals surface area contributed by atoms with Gasteiger partial charge in [0.15, 0.2) is 0 Å². The highest BCUT2D eigenvalue weighted by Crippen LogP contribution is 2.37.